The predicted octanol–water partition coefficient (Wildman–Crippen LogP) is 3.98. The molecule has 3 heteroatoms. The molecule has 104 valence electrons. The third-order valence-corrected chi connectivity index (χ3v) is 6.26. The summed E-state index contributed by atoms with van der Waals surface area (Å²) in [5, 5.41) is 10.7. The van der Waals surface area contributed by atoms with Crippen LogP contribution >= 0.6 is 22.6 Å². The lowest BCUT2D eigenvalue weighted by Gasteiger charge is -2.48. The van der Waals surface area contributed by atoms with Crippen molar-refractivity contribution in [2.75, 3.05) is 6.61 Å². The zero-order valence-electron chi connectivity index (χ0n) is 11.4. The molecule has 1 aromatic carbocycles. The first-order valence-electron chi connectivity index (χ1n) is 7.18. The van der Waals surface area contributed by atoms with Gasteiger partial charge in [0.05, 0.1) is 11.7 Å². The first kappa shape index (κ1) is 13.8. The number of aryl methyl sites for hydroxylation is 1. The first-order valence-corrected chi connectivity index (χ1v) is 8.26. The molecule has 1 spiro atoms. The molecule has 3 rings (SSSR count). The summed E-state index contributed by atoms with van der Waals surface area (Å²) in [6, 6.07) is 6.23. The second-order valence-corrected chi connectivity index (χ2v) is 7.14. The summed E-state index contributed by atoms with van der Waals surface area (Å²) >= 11 is 2.36. The molecule has 2 atom stereocenters. The Morgan fingerprint density at radius 3 is 2.89 bits per heavy atom. The molecule has 2 unspecified atom stereocenters. The van der Waals surface area contributed by atoms with E-state index in [4.69, 9.17) is 4.74 Å². The maximum Gasteiger partial charge on any atom is 0.0830 e. The lowest BCUT2D eigenvalue weighted by Crippen LogP contribution is -2.46. The van der Waals surface area contributed by atoms with Crippen LogP contribution in [0.1, 0.15) is 49.3 Å². The minimum atomic E-state index is -0.340. The van der Waals surface area contributed by atoms with Crippen molar-refractivity contribution in [1.29, 1.82) is 0 Å². The van der Waals surface area contributed by atoms with Crippen molar-refractivity contribution in [1.82, 2.24) is 0 Å². The highest BCUT2D eigenvalue weighted by atomic mass is 127. The number of aliphatic hydroxyl groups excluding tert-OH is 1. The maximum absolute atomic E-state index is 10.7. The maximum atomic E-state index is 10.7. The van der Waals surface area contributed by atoms with Crippen LogP contribution in [0.25, 0.3) is 0 Å². The number of hydrogen-bond acceptors (Lipinski definition) is 2. The van der Waals surface area contributed by atoms with E-state index in [9.17, 15) is 5.11 Å². The monoisotopic (exact) mass is 372 g/mol. The zero-order chi connectivity index (χ0) is 13.5. The van der Waals surface area contributed by atoms with Gasteiger partial charge in [0.1, 0.15) is 0 Å². The van der Waals surface area contributed by atoms with Gasteiger partial charge in [-0.05, 0) is 78.7 Å². The quantitative estimate of drug-likeness (QED) is 0.796. The Morgan fingerprint density at radius 1 is 1.42 bits per heavy atom. The molecule has 0 aromatic heterocycles. The van der Waals surface area contributed by atoms with Gasteiger partial charge in [-0.3, -0.25) is 0 Å². The molecule has 1 heterocycles. The van der Waals surface area contributed by atoms with E-state index in [-0.39, 0.29) is 11.7 Å². The summed E-state index contributed by atoms with van der Waals surface area (Å²) < 4.78 is 7.17. The van der Waals surface area contributed by atoms with Crippen LogP contribution in [-0.4, -0.2) is 17.3 Å². The minimum Gasteiger partial charge on any atom is -0.388 e. The van der Waals surface area contributed by atoms with Gasteiger partial charge in [-0.15, -0.1) is 0 Å². The first-order chi connectivity index (χ1) is 9.11. The van der Waals surface area contributed by atoms with Gasteiger partial charge in [0.15, 0.2) is 0 Å². The fourth-order valence-electron chi connectivity index (χ4n) is 3.41. The summed E-state index contributed by atoms with van der Waals surface area (Å²) in [7, 11) is 0. The Balaban J connectivity index is 1.79. The molecule has 1 aliphatic heterocycles. The van der Waals surface area contributed by atoms with Crippen LogP contribution in [0.4, 0.5) is 0 Å². The van der Waals surface area contributed by atoms with Crippen molar-refractivity contribution in [3.63, 3.8) is 0 Å². The van der Waals surface area contributed by atoms with Crippen molar-refractivity contribution >= 4 is 22.6 Å². The number of ether oxygens (including phenoxy) is 1. The van der Waals surface area contributed by atoms with Crippen molar-refractivity contribution in [3.8, 4) is 0 Å². The predicted molar refractivity (Wildman–Crippen MR) is 84.1 cm³/mol. The number of halogens is 1. The standard InChI is InChI=1S/C16H21IO2/c1-11-4-2-5-13(14(11)17)15(18)12-6-9-19-16(10-12)7-3-8-16/h2,4-5,12,15,18H,3,6-10H2,1H3. The number of aliphatic hydroxyl groups is 1. The molecule has 2 aliphatic rings. The number of benzene rings is 1. The number of rotatable bonds is 2. The van der Waals surface area contributed by atoms with Crippen LogP contribution in [0.2, 0.25) is 0 Å². The Morgan fingerprint density at radius 2 is 2.21 bits per heavy atom. The van der Waals surface area contributed by atoms with Crippen LogP contribution in [-0.2, 0) is 4.74 Å². The Hall–Kier alpha value is -0.130. The average Bonchev–Trinajstić information content (AvgIpc) is 2.39. The van der Waals surface area contributed by atoms with E-state index in [1.807, 2.05) is 0 Å². The van der Waals surface area contributed by atoms with Crippen LogP contribution in [0.5, 0.6) is 0 Å². The van der Waals surface area contributed by atoms with Crippen LogP contribution in [0.15, 0.2) is 18.2 Å². The van der Waals surface area contributed by atoms with E-state index >= 15 is 0 Å². The zero-order valence-corrected chi connectivity index (χ0v) is 13.5. The number of hydrogen-bond donors (Lipinski definition) is 1. The third-order valence-electron chi connectivity index (χ3n) is 4.78. The van der Waals surface area contributed by atoms with Gasteiger partial charge in [0, 0.05) is 10.2 Å². The lowest BCUT2D eigenvalue weighted by molar-refractivity contribution is -0.157. The third kappa shape index (κ3) is 2.57. The second-order valence-electron chi connectivity index (χ2n) is 6.06. The average molecular weight is 372 g/mol. The summed E-state index contributed by atoms with van der Waals surface area (Å²) in [6.07, 6.45) is 5.31. The summed E-state index contributed by atoms with van der Waals surface area (Å²) in [4.78, 5) is 0. The topological polar surface area (TPSA) is 29.5 Å². The molecule has 2 fully saturated rings. The fourth-order valence-corrected chi connectivity index (χ4v) is 4.09. The Bertz CT molecular complexity index is 468. The SMILES string of the molecule is Cc1cccc(C(O)C2CCOC3(CCC3)C2)c1I. The van der Waals surface area contributed by atoms with Gasteiger partial charge in [-0.2, -0.15) is 0 Å². The molecule has 1 saturated carbocycles. The normalized spacial score (nSPS) is 27.0. The van der Waals surface area contributed by atoms with E-state index < -0.39 is 0 Å². The molecule has 1 saturated heterocycles. The van der Waals surface area contributed by atoms with Crippen LogP contribution < -0.4 is 0 Å². The molecule has 2 nitrogen and oxygen atoms in total. The van der Waals surface area contributed by atoms with Gasteiger partial charge in [-0.1, -0.05) is 18.2 Å². The van der Waals surface area contributed by atoms with E-state index in [0.717, 1.165) is 25.0 Å². The van der Waals surface area contributed by atoms with Crippen molar-refractivity contribution < 1.29 is 9.84 Å². The molecular formula is C16H21IO2. The van der Waals surface area contributed by atoms with Crippen molar-refractivity contribution in [2.24, 2.45) is 5.92 Å². The molecule has 0 amide bonds. The summed E-state index contributed by atoms with van der Waals surface area (Å²) in [5.41, 5.74) is 2.46. The van der Waals surface area contributed by atoms with E-state index in [0.29, 0.717) is 5.92 Å². The van der Waals surface area contributed by atoms with Gasteiger partial charge < -0.3 is 9.84 Å². The Labute approximate surface area is 128 Å². The van der Waals surface area contributed by atoms with Crippen LogP contribution in [0.3, 0.4) is 0 Å². The molecule has 19 heavy (non-hydrogen) atoms. The molecule has 1 aromatic rings. The summed E-state index contributed by atoms with van der Waals surface area (Å²) in [6.45, 7) is 2.92. The molecule has 1 aliphatic carbocycles. The van der Waals surface area contributed by atoms with Gasteiger partial charge in [0.2, 0.25) is 0 Å². The molecule has 1 N–H and O–H groups in total. The van der Waals surface area contributed by atoms with E-state index in [1.54, 1.807) is 0 Å². The molecule has 0 bridgehead atoms. The van der Waals surface area contributed by atoms with Crippen molar-refractivity contribution in [2.45, 2.75) is 50.7 Å². The Kier molecular flexibility index (Phi) is 3.89. The van der Waals surface area contributed by atoms with E-state index in [2.05, 4.69) is 47.7 Å². The highest BCUT2D eigenvalue weighted by molar-refractivity contribution is 14.1. The highest BCUT2D eigenvalue weighted by Crippen LogP contribution is 2.47. The largest absolute Gasteiger partial charge is 0.388 e. The van der Waals surface area contributed by atoms with Crippen LogP contribution in [0, 0.1) is 16.4 Å². The van der Waals surface area contributed by atoms with Gasteiger partial charge in [0.25, 0.3) is 0 Å². The van der Waals surface area contributed by atoms with Crippen molar-refractivity contribution in [3.05, 3.63) is 32.9 Å². The smallest absolute Gasteiger partial charge is 0.0830 e. The second kappa shape index (κ2) is 5.34. The molecular weight excluding hydrogens is 351 g/mol. The molecule has 0 radical (unpaired) electrons. The van der Waals surface area contributed by atoms with E-state index in [1.165, 1.54) is 28.4 Å². The fraction of sp³-hybridized carbons (Fsp3) is 0.625. The van der Waals surface area contributed by atoms with Gasteiger partial charge >= 0.3 is 0 Å². The lowest BCUT2D eigenvalue weighted by atomic mass is 9.70. The van der Waals surface area contributed by atoms with Gasteiger partial charge in [-0.25, -0.2) is 0 Å². The highest BCUT2D eigenvalue weighted by Gasteiger charge is 2.44. The minimum absolute atomic E-state index is 0.110. The summed E-state index contributed by atoms with van der Waals surface area (Å²) in [5.74, 6) is 0.351.